The molecule has 5 nitrogen and oxygen atoms in total. The van der Waals surface area contributed by atoms with E-state index in [-0.39, 0.29) is 16.9 Å². The Morgan fingerprint density at radius 1 is 0.784 bits per heavy atom. The molecule has 1 saturated heterocycles. The molecule has 1 fully saturated rings. The van der Waals surface area contributed by atoms with Crippen molar-refractivity contribution in [3.8, 4) is 5.75 Å². The monoisotopic (exact) mass is 500 g/mol. The normalized spacial score (nSPS) is 16.1. The molecule has 0 bridgehead atoms. The fraction of sp³-hybridized carbons (Fsp3) is 0.469. The lowest BCUT2D eigenvalue weighted by Gasteiger charge is -2.41. The van der Waals surface area contributed by atoms with Gasteiger partial charge in [0.05, 0.1) is 6.04 Å². The molecule has 0 unspecified atom stereocenters. The van der Waals surface area contributed by atoms with Crippen molar-refractivity contribution >= 4 is 11.5 Å². The Kier molecular flexibility index (Phi) is 7.57. The van der Waals surface area contributed by atoms with Crippen LogP contribution in [0.1, 0.15) is 69.8 Å². The highest BCUT2D eigenvalue weighted by Crippen LogP contribution is 2.43. The fourth-order valence-corrected chi connectivity index (χ4v) is 5.28. The van der Waals surface area contributed by atoms with Crippen LogP contribution in [0.15, 0.2) is 60.8 Å². The lowest BCUT2D eigenvalue weighted by Crippen LogP contribution is -2.48. The molecule has 5 heteroatoms. The van der Waals surface area contributed by atoms with Crippen LogP contribution in [0.25, 0.3) is 0 Å². The van der Waals surface area contributed by atoms with E-state index in [0.717, 1.165) is 43.1 Å². The summed E-state index contributed by atoms with van der Waals surface area (Å²) >= 11 is 0. The van der Waals surface area contributed by atoms with E-state index in [9.17, 15) is 5.11 Å². The Morgan fingerprint density at radius 3 is 1.81 bits per heavy atom. The van der Waals surface area contributed by atoms with E-state index in [2.05, 4.69) is 124 Å². The number of anilines is 2. The van der Waals surface area contributed by atoms with Gasteiger partial charge in [-0.2, -0.15) is 0 Å². The van der Waals surface area contributed by atoms with Gasteiger partial charge in [0, 0.05) is 52.2 Å². The second-order valence-electron chi connectivity index (χ2n) is 12.6. The van der Waals surface area contributed by atoms with Gasteiger partial charge in [-0.1, -0.05) is 59.7 Å². The van der Waals surface area contributed by atoms with Gasteiger partial charge in [0.2, 0.25) is 0 Å². The summed E-state index contributed by atoms with van der Waals surface area (Å²) in [6.07, 6.45) is 1.87. The molecule has 3 aromatic rings. The summed E-state index contributed by atoms with van der Waals surface area (Å²) in [5.41, 5.74) is 5.40. The van der Waals surface area contributed by atoms with Crippen LogP contribution in [-0.2, 0) is 10.8 Å². The number of aromatic hydroxyl groups is 1. The maximum Gasteiger partial charge on any atom is 0.128 e. The zero-order valence-electron chi connectivity index (χ0n) is 23.9. The summed E-state index contributed by atoms with van der Waals surface area (Å²) < 4.78 is 0. The lowest BCUT2D eigenvalue weighted by molar-refractivity contribution is 0.211. The Balaban J connectivity index is 1.79. The second-order valence-corrected chi connectivity index (χ2v) is 12.6. The maximum atomic E-state index is 11.4. The minimum Gasteiger partial charge on any atom is -0.507 e. The number of rotatable bonds is 5. The Labute approximate surface area is 223 Å². The van der Waals surface area contributed by atoms with Crippen molar-refractivity contribution in [2.75, 3.05) is 50.1 Å². The van der Waals surface area contributed by atoms with Gasteiger partial charge < -0.3 is 14.9 Å². The number of aromatic nitrogens is 1. The van der Waals surface area contributed by atoms with E-state index in [1.165, 1.54) is 16.8 Å². The number of piperazine rings is 1. The molecule has 1 atom stereocenters. The fourth-order valence-electron chi connectivity index (χ4n) is 5.28. The van der Waals surface area contributed by atoms with E-state index >= 15 is 0 Å². The highest BCUT2D eigenvalue weighted by atomic mass is 16.3. The zero-order chi connectivity index (χ0) is 27.0. The van der Waals surface area contributed by atoms with E-state index in [4.69, 9.17) is 0 Å². The number of nitrogens with zero attached hydrogens (tertiary/aromatic N) is 4. The predicted molar refractivity (Wildman–Crippen MR) is 156 cm³/mol. The van der Waals surface area contributed by atoms with Crippen molar-refractivity contribution in [3.63, 3.8) is 0 Å². The van der Waals surface area contributed by atoms with Crippen molar-refractivity contribution in [2.45, 2.75) is 58.4 Å². The van der Waals surface area contributed by atoms with Gasteiger partial charge in [-0.15, -0.1) is 0 Å². The number of hydrogen-bond donors (Lipinski definition) is 1. The Hall–Kier alpha value is -3.05. The molecule has 2 heterocycles. The van der Waals surface area contributed by atoms with E-state index in [1.807, 2.05) is 12.3 Å². The van der Waals surface area contributed by atoms with Crippen LogP contribution in [0.5, 0.6) is 5.75 Å². The molecule has 37 heavy (non-hydrogen) atoms. The molecule has 0 radical (unpaired) electrons. The van der Waals surface area contributed by atoms with Crippen LogP contribution in [0, 0.1) is 0 Å². The molecular weight excluding hydrogens is 456 g/mol. The minimum absolute atomic E-state index is 0.102. The van der Waals surface area contributed by atoms with E-state index in [1.54, 1.807) is 0 Å². The second kappa shape index (κ2) is 10.4. The van der Waals surface area contributed by atoms with Gasteiger partial charge in [0.15, 0.2) is 0 Å². The maximum absolute atomic E-state index is 11.4. The third kappa shape index (κ3) is 5.93. The van der Waals surface area contributed by atoms with Gasteiger partial charge in [0.25, 0.3) is 0 Å². The first-order valence-electron chi connectivity index (χ1n) is 13.4. The van der Waals surface area contributed by atoms with Gasteiger partial charge in [0.1, 0.15) is 11.6 Å². The molecule has 0 aliphatic carbocycles. The molecule has 1 aromatic heterocycles. The van der Waals surface area contributed by atoms with Crippen LogP contribution < -0.4 is 9.80 Å². The van der Waals surface area contributed by atoms with Crippen molar-refractivity contribution in [1.29, 1.82) is 0 Å². The molecule has 0 amide bonds. The number of benzene rings is 2. The van der Waals surface area contributed by atoms with Gasteiger partial charge >= 0.3 is 0 Å². The molecule has 1 aliphatic rings. The Bertz CT molecular complexity index is 1150. The molecule has 198 valence electrons. The summed E-state index contributed by atoms with van der Waals surface area (Å²) in [5, 5.41) is 11.4. The largest absolute Gasteiger partial charge is 0.507 e. The number of phenols is 1. The van der Waals surface area contributed by atoms with Crippen LogP contribution in [0.3, 0.4) is 0 Å². The smallest absolute Gasteiger partial charge is 0.128 e. The van der Waals surface area contributed by atoms with Crippen molar-refractivity contribution in [3.05, 3.63) is 83.0 Å². The standard InChI is InChI=1S/C32H44N4O/c1-31(2,3)26-21-24(22-27(30(26)37)32(4,5)6)29(23-12-14-25(15-13-23)34(7)8)36-19-17-35(18-20-36)28-11-9-10-16-33-28/h9-16,21-22,29,37H,17-20H2,1-8H3/t29-/m0/s1. The summed E-state index contributed by atoms with van der Waals surface area (Å²) in [6.45, 7) is 16.8. The summed E-state index contributed by atoms with van der Waals surface area (Å²) in [7, 11) is 4.16. The van der Waals surface area contributed by atoms with Gasteiger partial charge in [-0.25, -0.2) is 4.98 Å². The van der Waals surface area contributed by atoms with Crippen molar-refractivity contribution < 1.29 is 5.11 Å². The molecule has 1 aliphatic heterocycles. The van der Waals surface area contributed by atoms with Crippen LogP contribution in [0.2, 0.25) is 0 Å². The average molecular weight is 501 g/mol. The summed E-state index contributed by atoms with van der Waals surface area (Å²) in [6, 6.07) is 19.7. The molecule has 0 spiro atoms. The quantitative estimate of drug-likeness (QED) is 0.442. The lowest BCUT2D eigenvalue weighted by atomic mass is 9.77. The van der Waals surface area contributed by atoms with Crippen molar-refractivity contribution in [1.82, 2.24) is 9.88 Å². The molecule has 0 saturated carbocycles. The highest BCUT2D eigenvalue weighted by Gasteiger charge is 2.32. The average Bonchev–Trinajstić information content (AvgIpc) is 2.85. The van der Waals surface area contributed by atoms with E-state index < -0.39 is 0 Å². The first kappa shape index (κ1) is 27.0. The molecule has 2 aromatic carbocycles. The van der Waals surface area contributed by atoms with E-state index in [0.29, 0.717) is 5.75 Å². The van der Waals surface area contributed by atoms with Crippen molar-refractivity contribution in [2.24, 2.45) is 0 Å². The predicted octanol–water partition coefficient (Wildman–Crippen LogP) is 6.36. The molecular formula is C32H44N4O. The van der Waals surface area contributed by atoms with Crippen LogP contribution in [-0.4, -0.2) is 55.3 Å². The van der Waals surface area contributed by atoms with Crippen LogP contribution in [0.4, 0.5) is 11.5 Å². The molecule has 4 rings (SSSR count). The van der Waals surface area contributed by atoms with Gasteiger partial charge in [-0.05, 0) is 69.5 Å². The SMILES string of the molecule is CN(C)c1ccc([C@@H](c2cc(C(C)(C)C)c(O)c(C(C)(C)C)c2)N2CCN(c3ccccn3)CC2)cc1. The number of phenolic OH excluding ortho intramolecular Hbond substituents is 1. The van der Waals surface area contributed by atoms with Gasteiger partial charge in [-0.3, -0.25) is 4.90 Å². The highest BCUT2D eigenvalue weighted by molar-refractivity contribution is 5.53. The molecule has 1 N–H and O–H groups in total. The number of pyridine rings is 1. The Morgan fingerprint density at radius 2 is 1.35 bits per heavy atom. The first-order valence-corrected chi connectivity index (χ1v) is 13.4. The zero-order valence-corrected chi connectivity index (χ0v) is 23.9. The third-order valence-electron chi connectivity index (χ3n) is 7.44. The first-order chi connectivity index (χ1) is 17.4. The summed E-state index contributed by atoms with van der Waals surface area (Å²) in [5.74, 6) is 1.48. The topological polar surface area (TPSA) is 42.8 Å². The number of hydrogen-bond acceptors (Lipinski definition) is 5. The van der Waals surface area contributed by atoms with Crippen LogP contribution >= 0.6 is 0 Å². The third-order valence-corrected chi connectivity index (χ3v) is 7.44. The summed E-state index contributed by atoms with van der Waals surface area (Å²) in [4.78, 5) is 11.7. The minimum atomic E-state index is -0.170.